The maximum Gasteiger partial charge on any atom is 0.123 e. The second kappa shape index (κ2) is 7.93. The Balaban J connectivity index is 1.82. The number of aryl methyl sites for hydroxylation is 1. The lowest BCUT2D eigenvalue weighted by atomic mass is 10.1. The number of unbranched alkanes of at least 4 members (excludes halogenated alkanes) is 1. The standard InChI is InChI=1S/C17H24FN3/c1-3-4-11-21(2)12-5-6-16-13-17(20-19-16)14-7-9-15(18)10-8-14/h7-10,13H,3-6,11-12H2,1-2H3,(H,19,20). The van der Waals surface area contributed by atoms with Crippen LogP contribution in [0.5, 0.6) is 0 Å². The lowest BCUT2D eigenvalue weighted by Gasteiger charge is -2.15. The number of aromatic nitrogens is 2. The van der Waals surface area contributed by atoms with E-state index in [-0.39, 0.29) is 5.82 Å². The molecule has 0 spiro atoms. The Morgan fingerprint density at radius 3 is 2.57 bits per heavy atom. The van der Waals surface area contributed by atoms with Crippen LogP contribution in [0.15, 0.2) is 30.3 Å². The summed E-state index contributed by atoms with van der Waals surface area (Å²) in [6.45, 7) is 4.49. The van der Waals surface area contributed by atoms with Gasteiger partial charge in [-0.2, -0.15) is 5.10 Å². The smallest absolute Gasteiger partial charge is 0.123 e. The van der Waals surface area contributed by atoms with Gasteiger partial charge in [0.25, 0.3) is 0 Å². The number of aromatic amines is 1. The second-order valence-electron chi connectivity index (χ2n) is 5.55. The normalized spacial score (nSPS) is 11.2. The molecule has 1 N–H and O–H groups in total. The highest BCUT2D eigenvalue weighted by molar-refractivity contribution is 5.58. The number of hydrogen-bond acceptors (Lipinski definition) is 2. The van der Waals surface area contributed by atoms with Crippen molar-refractivity contribution in [1.29, 1.82) is 0 Å². The Morgan fingerprint density at radius 1 is 1.14 bits per heavy atom. The summed E-state index contributed by atoms with van der Waals surface area (Å²) < 4.78 is 12.9. The van der Waals surface area contributed by atoms with Gasteiger partial charge in [-0.15, -0.1) is 0 Å². The Morgan fingerprint density at radius 2 is 1.86 bits per heavy atom. The van der Waals surface area contributed by atoms with Gasteiger partial charge in [0.2, 0.25) is 0 Å². The molecule has 0 saturated heterocycles. The van der Waals surface area contributed by atoms with Crippen LogP contribution in [0.3, 0.4) is 0 Å². The molecule has 0 aliphatic heterocycles. The van der Waals surface area contributed by atoms with Crippen molar-refractivity contribution in [3.63, 3.8) is 0 Å². The molecule has 4 heteroatoms. The van der Waals surface area contributed by atoms with Crippen LogP contribution in [0, 0.1) is 5.82 Å². The van der Waals surface area contributed by atoms with Crippen molar-refractivity contribution in [3.8, 4) is 11.3 Å². The van der Waals surface area contributed by atoms with Crippen LogP contribution in [-0.2, 0) is 6.42 Å². The van der Waals surface area contributed by atoms with Gasteiger partial charge in [0.05, 0.1) is 5.69 Å². The zero-order valence-corrected chi connectivity index (χ0v) is 12.9. The Hall–Kier alpha value is -1.68. The fourth-order valence-corrected chi connectivity index (χ4v) is 2.34. The topological polar surface area (TPSA) is 31.9 Å². The van der Waals surface area contributed by atoms with E-state index in [9.17, 15) is 4.39 Å². The van der Waals surface area contributed by atoms with E-state index < -0.39 is 0 Å². The third-order valence-electron chi connectivity index (χ3n) is 3.65. The summed E-state index contributed by atoms with van der Waals surface area (Å²) in [6.07, 6.45) is 4.61. The van der Waals surface area contributed by atoms with E-state index >= 15 is 0 Å². The zero-order chi connectivity index (χ0) is 15.1. The van der Waals surface area contributed by atoms with Gasteiger partial charge in [0.15, 0.2) is 0 Å². The molecule has 0 amide bonds. The number of rotatable bonds is 8. The molecule has 21 heavy (non-hydrogen) atoms. The summed E-state index contributed by atoms with van der Waals surface area (Å²) in [4.78, 5) is 2.38. The first-order valence-corrected chi connectivity index (χ1v) is 7.68. The minimum absolute atomic E-state index is 0.218. The molecule has 0 radical (unpaired) electrons. The molecule has 0 bridgehead atoms. The molecule has 0 aliphatic rings. The number of nitrogens with zero attached hydrogens (tertiary/aromatic N) is 2. The minimum Gasteiger partial charge on any atom is -0.306 e. The zero-order valence-electron chi connectivity index (χ0n) is 12.9. The van der Waals surface area contributed by atoms with E-state index in [1.807, 2.05) is 0 Å². The fraction of sp³-hybridized carbons (Fsp3) is 0.471. The molecule has 0 fully saturated rings. The highest BCUT2D eigenvalue weighted by atomic mass is 19.1. The number of nitrogens with one attached hydrogen (secondary N) is 1. The molecule has 2 aromatic rings. The van der Waals surface area contributed by atoms with Gasteiger partial charge in [-0.05, 0) is 69.7 Å². The van der Waals surface area contributed by atoms with E-state index in [2.05, 4.69) is 35.1 Å². The Bertz CT molecular complexity index is 533. The average molecular weight is 289 g/mol. The van der Waals surface area contributed by atoms with Gasteiger partial charge in [0.1, 0.15) is 5.82 Å². The first-order chi connectivity index (χ1) is 10.2. The maximum atomic E-state index is 12.9. The number of H-pyrrole nitrogens is 1. The molecule has 0 aliphatic carbocycles. The molecule has 0 unspecified atom stereocenters. The van der Waals surface area contributed by atoms with Gasteiger partial charge < -0.3 is 4.90 Å². The van der Waals surface area contributed by atoms with Crippen LogP contribution >= 0.6 is 0 Å². The van der Waals surface area contributed by atoms with Crippen molar-refractivity contribution >= 4 is 0 Å². The number of halogens is 1. The maximum absolute atomic E-state index is 12.9. The van der Waals surface area contributed by atoms with Crippen LogP contribution in [0.25, 0.3) is 11.3 Å². The number of benzene rings is 1. The van der Waals surface area contributed by atoms with Crippen molar-refractivity contribution < 1.29 is 4.39 Å². The van der Waals surface area contributed by atoms with E-state index in [0.29, 0.717) is 0 Å². The van der Waals surface area contributed by atoms with E-state index in [4.69, 9.17) is 0 Å². The molecule has 0 saturated carbocycles. The highest BCUT2D eigenvalue weighted by Gasteiger charge is 2.05. The van der Waals surface area contributed by atoms with Crippen LogP contribution in [0.4, 0.5) is 4.39 Å². The summed E-state index contributed by atoms with van der Waals surface area (Å²) >= 11 is 0. The number of hydrogen-bond donors (Lipinski definition) is 1. The summed E-state index contributed by atoms with van der Waals surface area (Å²) in [5.74, 6) is -0.218. The first-order valence-electron chi connectivity index (χ1n) is 7.68. The van der Waals surface area contributed by atoms with Gasteiger partial charge >= 0.3 is 0 Å². The molecule has 1 heterocycles. The SMILES string of the molecule is CCCCN(C)CCCc1cc(-c2ccc(F)cc2)n[nH]1. The van der Waals surface area contributed by atoms with Gasteiger partial charge in [-0.3, -0.25) is 5.10 Å². The first kappa shape index (κ1) is 15.7. The Labute approximate surface area is 126 Å². The third kappa shape index (κ3) is 4.97. The van der Waals surface area contributed by atoms with Crippen LogP contribution < -0.4 is 0 Å². The van der Waals surface area contributed by atoms with E-state index in [1.165, 1.54) is 31.5 Å². The summed E-state index contributed by atoms with van der Waals surface area (Å²) in [6, 6.07) is 8.50. The van der Waals surface area contributed by atoms with Crippen LogP contribution in [-0.4, -0.2) is 35.2 Å². The van der Waals surface area contributed by atoms with Crippen molar-refractivity contribution in [2.45, 2.75) is 32.6 Å². The molecule has 2 rings (SSSR count). The van der Waals surface area contributed by atoms with Crippen molar-refractivity contribution in [1.82, 2.24) is 15.1 Å². The van der Waals surface area contributed by atoms with Gasteiger partial charge in [-0.1, -0.05) is 13.3 Å². The molecular formula is C17H24FN3. The van der Waals surface area contributed by atoms with Crippen LogP contribution in [0.2, 0.25) is 0 Å². The second-order valence-corrected chi connectivity index (χ2v) is 5.55. The lowest BCUT2D eigenvalue weighted by Crippen LogP contribution is -2.21. The minimum atomic E-state index is -0.218. The predicted molar refractivity (Wildman–Crippen MR) is 84.7 cm³/mol. The van der Waals surface area contributed by atoms with Crippen LogP contribution in [0.1, 0.15) is 31.9 Å². The van der Waals surface area contributed by atoms with Crippen molar-refractivity contribution in [2.24, 2.45) is 0 Å². The van der Waals surface area contributed by atoms with Gasteiger partial charge in [-0.25, -0.2) is 4.39 Å². The molecule has 0 atom stereocenters. The molecule has 1 aromatic carbocycles. The van der Waals surface area contributed by atoms with Gasteiger partial charge in [0, 0.05) is 11.3 Å². The monoisotopic (exact) mass is 289 g/mol. The summed E-state index contributed by atoms with van der Waals surface area (Å²) in [5, 5.41) is 7.38. The van der Waals surface area contributed by atoms with Crippen molar-refractivity contribution in [2.75, 3.05) is 20.1 Å². The average Bonchev–Trinajstić information content (AvgIpc) is 2.95. The lowest BCUT2D eigenvalue weighted by molar-refractivity contribution is 0.323. The third-order valence-corrected chi connectivity index (χ3v) is 3.65. The predicted octanol–water partition coefficient (Wildman–Crippen LogP) is 3.88. The molecule has 3 nitrogen and oxygen atoms in total. The Kier molecular flexibility index (Phi) is 5.93. The van der Waals surface area contributed by atoms with Crippen molar-refractivity contribution in [3.05, 3.63) is 41.8 Å². The largest absolute Gasteiger partial charge is 0.306 e. The van der Waals surface area contributed by atoms with E-state index in [1.54, 1.807) is 12.1 Å². The summed E-state index contributed by atoms with van der Waals surface area (Å²) in [7, 11) is 2.17. The molecule has 114 valence electrons. The van der Waals surface area contributed by atoms with E-state index in [0.717, 1.165) is 36.3 Å². The summed E-state index contributed by atoms with van der Waals surface area (Å²) in [5.41, 5.74) is 2.96. The molecule has 1 aromatic heterocycles. The highest BCUT2D eigenvalue weighted by Crippen LogP contribution is 2.18. The quantitative estimate of drug-likeness (QED) is 0.799. The fourth-order valence-electron chi connectivity index (χ4n) is 2.34. The molecular weight excluding hydrogens is 265 g/mol.